The minimum Gasteiger partial charge on any atom is -0.496 e. The predicted molar refractivity (Wildman–Crippen MR) is 118 cm³/mol. The number of fused-ring (bicyclic) bond motifs is 1. The van der Waals surface area contributed by atoms with E-state index in [1.165, 1.54) is 19.6 Å². The topological polar surface area (TPSA) is 70.9 Å². The number of aromatic nitrogens is 2. The fourth-order valence-corrected chi connectivity index (χ4v) is 4.77. The summed E-state index contributed by atoms with van der Waals surface area (Å²) in [6.07, 6.45) is 5.76. The molecule has 3 aromatic rings. The van der Waals surface area contributed by atoms with Crippen LogP contribution in [0.3, 0.4) is 0 Å². The molecule has 0 radical (unpaired) electrons. The van der Waals surface area contributed by atoms with Gasteiger partial charge >= 0.3 is 0 Å². The van der Waals surface area contributed by atoms with E-state index < -0.39 is 11.7 Å². The molecule has 5 rings (SSSR count). The lowest BCUT2D eigenvalue weighted by molar-refractivity contribution is 0.102. The molecule has 31 heavy (non-hydrogen) atoms. The number of hydrogen-bond donors (Lipinski definition) is 2. The Balaban J connectivity index is 1.35. The normalized spacial score (nSPS) is 20.7. The third-order valence-electron chi connectivity index (χ3n) is 6.48. The van der Waals surface area contributed by atoms with E-state index in [4.69, 9.17) is 4.74 Å². The van der Waals surface area contributed by atoms with Crippen molar-refractivity contribution in [3.05, 3.63) is 53.7 Å². The van der Waals surface area contributed by atoms with Gasteiger partial charge in [-0.05, 0) is 44.5 Å². The Labute approximate surface area is 180 Å². The second-order valence-electron chi connectivity index (χ2n) is 8.62. The highest BCUT2D eigenvalue weighted by atomic mass is 19.1. The van der Waals surface area contributed by atoms with Crippen LogP contribution in [0.4, 0.5) is 15.8 Å². The monoisotopic (exact) mass is 423 g/mol. The quantitative estimate of drug-likeness (QED) is 0.674. The number of hydrogen-bond acceptors (Lipinski definition) is 5. The van der Waals surface area contributed by atoms with Gasteiger partial charge in [0, 0.05) is 49.2 Å². The van der Waals surface area contributed by atoms with Crippen LogP contribution in [0, 0.1) is 18.2 Å². The van der Waals surface area contributed by atoms with Gasteiger partial charge in [0.05, 0.1) is 24.1 Å². The summed E-state index contributed by atoms with van der Waals surface area (Å²) in [5.41, 5.74) is 3.14. The van der Waals surface area contributed by atoms with Crippen LogP contribution in [-0.2, 0) is 0 Å². The van der Waals surface area contributed by atoms with Crippen molar-refractivity contribution in [3.8, 4) is 5.75 Å². The number of benzene rings is 1. The molecular formula is C23H26FN5O2. The summed E-state index contributed by atoms with van der Waals surface area (Å²) in [6, 6.07) is 6.71. The second-order valence-corrected chi connectivity index (χ2v) is 8.62. The number of carbonyl (C=O) groups is 1. The van der Waals surface area contributed by atoms with Gasteiger partial charge in [0.1, 0.15) is 17.2 Å². The van der Waals surface area contributed by atoms with Gasteiger partial charge in [-0.25, -0.2) is 9.37 Å². The molecule has 2 aliphatic heterocycles. The molecule has 0 aliphatic carbocycles. The largest absolute Gasteiger partial charge is 0.496 e. The molecule has 0 saturated carbocycles. The number of imidazole rings is 1. The molecule has 7 nitrogen and oxygen atoms in total. The molecule has 2 N–H and O–H groups in total. The second kappa shape index (κ2) is 7.53. The highest BCUT2D eigenvalue weighted by molar-refractivity contribution is 6.06. The number of amides is 1. The number of aryl methyl sites for hydroxylation is 1. The Kier molecular flexibility index (Phi) is 4.81. The Hall–Kier alpha value is -3.13. The van der Waals surface area contributed by atoms with E-state index in [0.717, 1.165) is 44.0 Å². The number of halogens is 1. The average molecular weight is 423 g/mol. The first-order chi connectivity index (χ1) is 15.0. The lowest BCUT2D eigenvalue weighted by atomic mass is 9.86. The number of anilines is 2. The van der Waals surface area contributed by atoms with Crippen molar-refractivity contribution >= 4 is 22.9 Å². The van der Waals surface area contributed by atoms with Crippen LogP contribution in [-0.4, -0.2) is 48.6 Å². The third kappa shape index (κ3) is 3.61. The number of nitrogens with zero attached hydrogens (tertiary/aromatic N) is 3. The molecule has 1 unspecified atom stereocenters. The predicted octanol–water partition coefficient (Wildman–Crippen LogP) is 3.23. The highest BCUT2D eigenvalue weighted by Gasteiger charge is 2.40. The van der Waals surface area contributed by atoms with E-state index in [0.29, 0.717) is 22.4 Å². The van der Waals surface area contributed by atoms with Crippen LogP contribution >= 0.6 is 0 Å². The average Bonchev–Trinajstić information content (AvgIpc) is 3.48. The van der Waals surface area contributed by atoms with E-state index in [1.54, 1.807) is 22.7 Å². The molecule has 2 saturated heterocycles. The molecule has 2 aromatic heterocycles. The maximum Gasteiger partial charge on any atom is 0.261 e. The molecule has 1 aromatic carbocycles. The highest BCUT2D eigenvalue weighted by Crippen LogP contribution is 2.38. The lowest BCUT2D eigenvalue weighted by Gasteiger charge is -2.24. The number of methoxy groups -OCH3 is 1. The van der Waals surface area contributed by atoms with Crippen molar-refractivity contribution in [1.82, 2.24) is 14.7 Å². The van der Waals surface area contributed by atoms with Gasteiger partial charge in [-0.1, -0.05) is 0 Å². The fourth-order valence-electron chi connectivity index (χ4n) is 4.77. The summed E-state index contributed by atoms with van der Waals surface area (Å²) in [5, 5.41) is 6.13. The zero-order valence-electron chi connectivity index (χ0n) is 17.7. The van der Waals surface area contributed by atoms with Gasteiger partial charge in [-0.3, -0.25) is 4.79 Å². The van der Waals surface area contributed by atoms with Crippen LogP contribution in [0.25, 0.3) is 5.65 Å². The minimum absolute atomic E-state index is 0.147. The third-order valence-corrected chi connectivity index (χ3v) is 6.48. The Bertz CT molecular complexity index is 1150. The molecule has 2 aliphatic rings. The SMILES string of the molecule is COc1cc2nc(C)cn2cc1C(=O)Nc1ccc(N2CCC3(CCNC3)C2)cc1F. The van der Waals surface area contributed by atoms with Gasteiger partial charge in [0.15, 0.2) is 0 Å². The van der Waals surface area contributed by atoms with Gasteiger partial charge in [0.25, 0.3) is 5.91 Å². The minimum atomic E-state index is -0.449. The standard InChI is InChI=1S/C23H26FN5O2/c1-15-11-29-12-17(20(31-2)10-21(29)26-15)22(30)27-19-4-3-16(9-18(19)24)28-8-6-23(14-28)5-7-25-13-23/h3-4,9-12,25H,5-8,13-14H2,1-2H3,(H,27,30). The van der Waals surface area contributed by atoms with E-state index in [2.05, 4.69) is 20.5 Å². The molecule has 1 spiro atoms. The van der Waals surface area contributed by atoms with Crippen molar-refractivity contribution in [2.45, 2.75) is 19.8 Å². The Morgan fingerprint density at radius 1 is 1.29 bits per heavy atom. The first kappa shape index (κ1) is 19.8. The van der Waals surface area contributed by atoms with Gasteiger partial charge < -0.3 is 24.7 Å². The van der Waals surface area contributed by atoms with Crippen LogP contribution in [0.5, 0.6) is 5.75 Å². The molecule has 4 heterocycles. The van der Waals surface area contributed by atoms with Crippen molar-refractivity contribution in [2.24, 2.45) is 5.41 Å². The summed E-state index contributed by atoms with van der Waals surface area (Å²) in [7, 11) is 1.50. The first-order valence-electron chi connectivity index (χ1n) is 10.6. The van der Waals surface area contributed by atoms with Crippen molar-refractivity contribution in [1.29, 1.82) is 0 Å². The Morgan fingerprint density at radius 2 is 2.16 bits per heavy atom. The number of nitrogens with one attached hydrogen (secondary N) is 2. The molecule has 0 bridgehead atoms. The smallest absolute Gasteiger partial charge is 0.261 e. The van der Waals surface area contributed by atoms with Crippen LogP contribution in [0.15, 0.2) is 36.7 Å². The summed E-state index contributed by atoms with van der Waals surface area (Å²) in [4.78, 5) is 19.5. The van der Waals surface area contributed by atoms with E-state index >= 15 is 0 Å². The molecule has 2 fully saturated rings. The van der Waals surface area contributed by atoms with Crippen LogP contribution in [0.1, 0.15) is 28.9 Å². The van der Waals surface area contributed by atoms with E-state index in [-0.39, 0.29) is 5.69 Å². The fraction of sp³-hybridized carbons (Fsp3) is 0.391. The van der Waals surface area contributed by atoms with Crippen molar-refractivity contribution in [3.63, 3.8) is 0 Å². The van der Waals surface area contributed by atoms with Gasteiger partial charge in [-0.2, -0.15) is 0 Å². The zero-order valence-corrected chi connectivity index (χ0v) is 17.7. The summed E-state index contributed by atoms with van der Waals surface area (Å²) in [5.74, 6) is -0.496. The molecule has 1 atom stereocenters. The van der Waals surface area contributed by atoms with Gasteiger partial charge in [0.2, 0.25) is 0 Å². The maximum absolute atomic E-state index is 14.9. The summed E-state index contributed by atoms with van der Waals surface area (Å²) >= 11 is 0. The Morgan fingerprint density at radius 3 is 2.90 bits per heavy atom. The van der Waals surface area contributed by atoms with Crippen LogP contribution < -0.4 is 20.3 Å². The van der Waals surface area contributed by atoms with Crippen molar-refractivity contribution < 1.29 is 13.9 Å². The summed E-state index contributed by atoms with van der Waals surface area (Å²) in [6.45, 7) is 5.83. The van der Waals surface area contributed by atoms with Crippen molar-refractivity contribution in [2.75, 3.05) is 43.5 Å². The number of rotatable bonds is 4. The maximum atomic E-state index is 14.9. The lowest BCUT2D eigenvalue weighted by Crippen LogP contribution is -2.29. The number of ether oxygens (including phenoxy) is 1. The molecular weight excluding hydrogens is 397 g/mol. The first-order valence-corrected chi connectivity index (χ1v) is 10.6. The van der Waals surface area contributed by atoms with Crippen LogP contribution in [0.2, 0.25) is 0 Å². The van der Waals surface area contributed by atoms with E-state index in [9.17, 15) is 9.18 Å². The van der Waals surface area contributed by atoms with E-state index in [1.807, 2.05) is 19.2 Å². The van der Waals surface area contributed by atoms with Gasteiger partial charge in [-0.15, -0.1) is 0 Å². The molecule has 1 amide bonds. The molecule has 162 valence electrons. The number of carbonyl (C=O) groups excluding carboxylic acids is 1. The molecule has 8 heteroatoms. The summed E-state index contributed by atoms with van der Waals surface area (Å²) < 4.78 is 22.0. The zero-order chi connectivity index (χ0) is 21.6. The number of pyridine rings is 1.